The Hall–Kier alpha value is -3.38. The zero-order valence-corrected chi connectivity index (χ0v) is 19.6. The fourth-order valence-electron chi connectivity index (χ4n) is 4.54. The molecular weight excluding hydrogens is 482 g/mol. The van der Waals surface area contributed by atoms with E-state index in [9.17, 15) is 14.7 Å². The van der Waals surface area contributed by atoms with E-state index in [-0.39, 0.29) is 24.0 Å². The van der Waals surface area contributed by atoms with E-state index in [1.165, 1.54) is 4.90 Å². The van der Waals surface area contributed by atoms with Crippen molar-refractivity contribution >= 4 is 33.4 Å². The van der Waals surface area contributed by atoms with Gasteiger partial charge < -0.3 is 14.7 Å². The second kappa shape index (κ2) is 8.52. The van der Waals surface area contributed by atoms with E-state index in [4.69, 9.17) is 4.74 Å². The molecule has 1 fully saturated rings. The van der Waals surface area contributed by atoms with Gasteiger partial charge in [0.1, 0.15) is 17.6 Å². The summed E-state index contributed by atoms with van der Waals surface area (Å²) in [4.78, 5) is 27.9. The maximum absolute atomic E-state index is 13.2. The van der Waals surface area contributed by atoms with Gasteiger partial charge in [0.15, 0.2) is 0 Å². The van der Waals surface area contributed by atoms with Gasteiger partial charge in [0.2, 0.25) is 0 Å². The number of carbonyl (C=O) groups excluding carboxylic acids is 2. The smallest absolute Gasteiger partial charge is 0.295 e. The molecule has 1 saturated heterocycles. The van der Waals surface area contributed by atoms with Gasteiger partial charge in [-0.05, 0) is 53.9 Å². The Morgan fingerprint density at radius 1 is 1.06 bits per heavy atom. The van der Waals surface area contributed by atoms with E-state index in [1.54, 1.807) is 6.07 Å². The summed E-state index contributed by atoms with van der Waals surface area (Å²) in [6.07, 6.45) is 0.797. The predicted octanol–water partition coefficient (Wildman–Crippen LogP) is 5.39. The molecule has 0 radical (unpaired) electrons. The minimum absolute atomic E-state index is 0.0663. The highest BCUT2D eigenvalue weighted by Gasteiger charge is 2.46. The molecular formula is C27H22BrNO4. The van der Waals surface area contributed by atoms with Crippen LogP contribution in [0.2, 0.25) is 0 Å². The summed E-state index contributed by atoms with van der Waals surface area (Å²) in [5, 5.41) is 11.3. The van der Waals surface area contributed by atoms with Crippen molar-refractivity contribution in [1.82, 2.24) is 4.90 Å². The molecule has 0 aliphatic carbocycles. The number of Topliss-reactive ketones (excluding diaryl/α,β-unsaturated/α-hetero) is 1. The number of nitrogens with zero attached hydrogens (tertiary/aromatic N) is 1. The summed E-state index contributed by atoms with van der Waals surface area (Å²) >= 11 is 3.44. The lowest BCUT2D eigenvalue weighted by Gasteiger charge is -2.25. The first kappa shape index (κ1) is 21.5. The third-order valence-electron chi connectivity index (χ3n) is 6.09. The van der Waals surface area contributed by atoms with Gasteiger partial charge in [0.25, 0.3) is 11.7 Å². The standard InChI is InChI=1S/C27H22BrNO4/c1-16-13-20-14-19(9-12-22(20)33-16)25(30)23-24(18-7-10-21(28)11-8-18)29(27(32)26(23)31)15-17-5-3-2-4-6-17/h2-12,14,16,24,30H,13,15H2,1H3/t16-,24-/m1/s1. The number of aliphatic hydroxyl groups is 1. The summed E-state index contributed by atoms with van der Waals surface area (Å²) in [6.45, 7) is 2.25. The maximum Gasteiger partial charge on any atom is 0.295 e. The molecule has 0 unspecified atom stereocenters. The number of hydrogen-bond donors (Lipinski definition) is 1. The SMILES string of the molecule is C[C@@H]1Cc2cc(C(O)=C3C(=O)C(=O)N(Cc4ccccc4)[C@@H]3c3ccc(Br)cc3)ccc2O1. The number of halogens is 1. The Balaban J connectivity index is 1.62. The number of likely N-dealkylation sites (tertiary alicyclic amines) is 1. The van der Waals surface area contributed by atoms with Gasteiger partial charge in [0.05, 0.1) is 11.6 Å². The molecule has 2 atom stereocenters. The number of hydrogen-bond acceptors (Lipinski definition) is 4. The van der Waals surface area contributed by atoms with Gasteiger partial charge in [-0.3, -0.25) is 9.59 Å². The van der Waals surface area contributed by atoms with Gasteiger partial charge in [-0.2, -0.15) is 0 Å². The molecule has 3 aromatic carbocycles. The van der Waals surface area contributed by atoms with Crippen LogP contribution in [0.3, 0.4) is 0 Å². The van der Waals surface area contributed by atoms with Gasteiger partial charge >= 0.3 is 0 Å². The monoisotopic (exact) mass is 503 g/mol. The molecule has 5 rings (SSSR count). The average molecular weight is 504 g/mol. The normalized spacial score (nSPS) is 21.2. The highest BCUT2D eigenvalue weighted by Crippen LogP contribution is 2.41. The van der Waals surface area contributed by atoms with Crippen LogP contribution < -0.4 is 4.74 Å². The minimum atomic E-state index is -0.693. The van der Waals surface area contributed by atoms with E-state index < -0.39 is 17.7 Å². The molecule has 2 aliphatic heterocycles. The predicted molar refractivity (Wildman–Crippen MR) is 129 cm³/mol. The minimum Gasteiger partial charge on any atom is -0.507 e. The van der Waals surface area contributed by atoms with E-state index in [0.29, 0.717) is 5.56 Å². The molecule has 2 aliphatic rings. The molecule has 0 aromatic heterocycles. The van der Waals surface area contributed by atoms with Crippen molar-refractivity contribution < 1.29 is 19.4 Å². The Morgan fingerprint density at radius 3 is 2.52 bits per heavy atom. The molecule has 2 heterocycles. The van der Waals surface area contributed by atoms with Crippen molar-refractivity contribution in [1.29, 1.82) is 0 Å². The molecule has 166 valence electrons. The summed E-state index contributed by atoms with van der Waals surface area (Å²) in [5.74, 6) is -0.680. The maximum atomic E-state index is 13.2. The number of rotatable bonds is 4. The van der Waals surface area contributed by atoms with E-state index in [1.807, 2.05) is 73.7 Å². The first-order chi connectivity index (χ1) is 15.9. The Bertz CT molecular complexity index is 1270. The van der Waals surface area contributed by atoms with Gasteiger partial charge in [0, 0.05) is 23.0 Å². The molecule has 0 bridgehead atoms. The molecule has 6 heteroatoms. The van der Waals surface area contributed by atoms with Crippen LogP contribution in [0.5, 0.6) is 5.75 Å². The van der Waals surface area contributed by atoms with Crippen LogP contribution in [0.4, 0.5) is 0 Å². The summed E-state index contributed by atoms with van der Waals surface area (Å²) in [5.41, 5.74) is 3.25. The van der Waals surface area contributed by atoms with Crippen LogP contribution in [0.25, 0.3) is 5.76 Å². The third kappa shape index (κ3) is 3.95. The molecule has 33 heavy (non-hydrogen) atoms. The highest BCUT2D eigenvalue weighted by molar-refractivity contribution is 9.10. The number of aliphatic hydroxyl groups excluding tert-OH is 1. The van der Waals surface area contributed by atoms with E-state index in [2.05, 4.69) is 15.9 Å². The van der Waals surface area contributed by atoms with Crippen LogP contribution in [0, 0.1) is 0 Å². The number of amides is 1. The van der Waals surface area contributed by atoms with Crippen LogP contribution in [-0.2, 0) is 22.6 Å². The molecule has 3 aromatic rings. The first-order valence-electron chi connectivity index (χ1n) is 10.8. The molecule has 0 spiro atoms. The van der Waals surface area contributed by atoms with Crippen LogP contribution in [-0.4, -0.2) is 27.8 Å². The topological polar surface area (TPSA) is 66.8 Å². The zero-order valence-electron chi connectivity index (χ0n) is 18.0. The van der Waals surface area contributed by atoms with Crippen molar-refractivity contribution in [2.24, 2.45) is 0 Å². The summed E-state index contributed by atoms with van der Waals surface area (Å²) in [7, 11) is 0. The lowest BCUT2D eigenvalue weighted by molar-refractivity contribution is -0.140. The first-order valence-corrected chi connectivity index (χ1v) is 11.6. The summed E-state index contributed by atoms with van der Waals surface area (Å²) < 4.78 is 6.65. The largest absolute Gasteiger partial charge is 0.507 e. The summed E-state index contributed by atoms with van der Waals surface area (Å²) in [6, 6.07) is 21.7. The number of fused-ring (bicyclic) bond motifs is 1. The fraction of sp³-hybridized carbons (Fsp3) is 0.185. The quantitative estimate of drug-likeness (QED) is 0.294. The molecule has 1 amide bonds. The zero-order chi connectivity index (χ0) is 23.1. The van der Waals surface area contributed by atoms with Crippen molar-refractivity contribution in [3.8, 4) is 5.75 Å². The van der Waals surface area contributed by atoms with Gasteiger partial charge in [-0.1, -0.05) is 58.4 Å². The Kier molecular flexibility index (Phi) is 5.54. The number of carbonyl (C=O) groups is 2. The molecule has 1 N–H and O–H groups in total. The third-order valence-corrected chi connectivity index (χ3v) is 6.62. The number of benzene rings is 3. The van der Waals surface area contributed by atoms with Crippen LogP contribution in [0.15, 0.2) is 82.8 Å². The van der Waals surface area contributed by atoms with Crippen molar-refractivity contribution in [2.75, 3.05) is 0 Å². The molecule has 0 saturated carbocycles. The van der Waals surface area contributed by atoms with Gasteiger partial charge in [-0.25, -0.2) is 0 Å². The lowest BCUT2D eigenvalue weighted by atomic mass is 9.94. The Morgan fingerprint density at radius 2 is 1.79 bits per heavy atom. The average Bonchev–Trinajstić information content (AvgIpc) is 3.31. The number of ether oxygens (including phenoxy) is 1. The van der Waals surface area contributed by atoms with Crippen LogP contribution >= 0.6 is 15.9 Å². The second-order valence-corrected chi connectivity index (χ2v) is 9.33. The Labute approximate surface area is 200 Å². The second-order valence-electron chi connectivity index (χ2n) is 8.42. The van der Waals surface area contributed by atoms with Gasteiger partial charge in [-0.15, -0.1) is 0 Å². The van der Waals surface area contributed by atoms with Crippen molar-refractivity contribution in [2.45, 2.75) is 32.0 Å². The van der Waals surface area contributed by atoms with Crippen molar-refractivity contribution in [3.63, 3.8) is 0 Å². The lowest BCUT2D eigenvalue weighted by Crippen LogP contribution is -2.29. The van der Waals surface area contributed by atoms with Crippen molar-refractivity contribution in [3.05, 3.63) is 105 Å². The van der Waals surface area contributed by atoms with E-state index >= 15 is 0 Å². The molecule has 5 nitrogen and oxygen atoms in total. The number of ketones is 1. The van der Waals surface area contributed by atoms with Crippen LogP contribution in [0.1, 0.15) is 35.2 Å². The fourth-order valence-corrected chi connectivity index (χ4v) is 4.80. The highest BCUT2D eigenvalue weighted by atomic mass is 79.9. The van der Waals surface area contributed by atoms with E-state index in [0.717, 1.165) is 33.3 Å².